The van der Waals surface area contributed by atoms with Crippen LogP contribution >= 0.6 is 0 Å². The molecule has 39 heavy (non-hydrogen) atoms. The van der Waals surface area contributed by atoms with Crippen LogP contribution in [0.4, 0.5) is 5.82 Å². The first-order valence-electron chi connectivity index (χ1n) is 14.2. The van der Waals surface area contributed by atoms with Crippen molar-refractivity contribution >= 4 is 19.9 Å². The topological polar surface area (TPSA) is 89.3 Å². The summed E-state index contributed by atoms with van der Waals surface area (Å²) in [6.45, 7) is 14.5. The molecule has 2 heterocycles. The van der Waals surface area contributed by atoms with Crippen molar-refractivity contribution in [2.24, 2.45) is 5.92 Å². The fourth-order valence-electron chi connectivity index (χ4n) is 6.64. The SMILES string of the molecule is CC(C)[Si](O[C@H]1C[C@H](Nc2ncncc2C(=O)c2ccn(Cc3ccccc3)c2)C[C@@H]1CO)(C(C)C)C(C)C. The molecule has 210 valence electrons. The Labute approximate surface area is 234 Å². The van der Waals surface area contributed by atoms with E-state index in [4.69, 9.17) is 4.43 Å². The first kappa shape index (κ1) is 29.2. The zero-order chi connectivity index (χ0) is 28.2. The first-order chi connectivity index (χ1) is 18.6. The number of aliphatic hydroxyl groups is 1. The van der Waals surface area contributed by atoms with E-state index in [9.17, 15) is 9.90 Å². The fraction of sp³-hybridized carbons (Fsp3) is 0.516. The molecule has 4 rings (SSSR count). The number of benzene rings is 1. The Balaban J connectivity index is 1.49. The molecule has 0 amide bonds. The number of aliphatic hydroxyl groups excluding tert-OH is 1. The predicted octanol–water partition coefficient (Wildman–Crippen LogP) is 6.30. The van der Waals surface area contributed by atoms with Gasteiger partial charge in [-0.3, -0.25) is 4.79 Å². The van der Waals surface area contributed by atoms with Crippen LogP contribution in [0.5, 0.6) is 0 Å². The molecule has 0 bridgehead atoms. The molecule has 2 aromatic heterocycles. The van der Waals surface area contributed by atoms with Gasteiger partial charge in [0.15, 0.2) is 5.78 Å². The number of aromatic nitrogens is 3. The maximum absolute atomic E-state index is 13.5. The lowest BCUT2D eigenvalue weighted by atomic mass is 10.1. The van der Waals surface area contributed by atoms with E-state index in [1.54, 1.807) is 6.20 Å². The highest BCUT2D eigenvalue weighted by Crippen LogP contribution is 2.46. The molecule has 1 aliphatic rings. The average Bonchev–Trinajstić information content (AvgIpc) is 3.53. The van der Waals surface area contributed by atoms with Crippen LogP contribution in [0.25, 0.3) is 0 Å². The molecule has 3 atom stereocenters. The van der Waals surface area contributed by atoms with Crippen molar-refractivity contribution in [2.45, 2.75) is 89.7 Å². The highest BCUT2D eigenvalue weighted by Gasteiger charge is 2.49. The van der Waals surface area contributed by atoms with Crippen LogP contribution in [0, 0.1) is 5.92 Å². The minimum atomic E-state index is -2.09. The normalized spacial score (nSPS) is 19.8. The minimum Gasteiger partial charge on any atom is -0.413 e. The first-order valence-corrected chi connectivity index (χ1v) is 16.4. The second-order valence-electron chi connectivity index (χ2n) is 11.9. The number of ketones is 1. The molecule has 0 aliphatic heterocycles. The molecule has 7 nitrogen and oxygen atoms in total. The Hall–Kier alpha value is -2.81. The van der Waals surface area contributed by atoms with Crippen LogP contribution in [-0.4, -0.2) is 52.5 Å². The molecule has 2 N–H and O–H groups in total. The zero-order valence-electron chi connectivity index (χ0n) is 24.2. The van der Waals surface area contributed by atoms with Gasteiger partial charge in [0.05, 0.1) is 11.7 Å². The number of nitrogens with zero attached hydrogens (tertiary/aromatic N) is 3. The van der Waals surface area contributed by atoms with Crippen molar-refractivity contribution in [1.82, 2.24) is 14.5 Å². The third-order valence-corrected chi connectivity index (χ3v) is 14.6. The fourth-order valence-corrected chi connectivity index (χ4v) is 12.3. The number of nitrogens with one attached hydrogen (secondary N) is 1. The minimum absolute atomic E-state index is 0.0145. The summed E-state index contributed by atoms with van der Waals surface area (Å²) in [5, 5.41) is 13.8. The molecule has 1 saturated carbocycles. The summed E-state index contributed by atoms with van der Waals surface area (Å²) in [7, 11) is -2.09. The summed E-state index contributed by atoms with van der Waals surface area (Å²) in [6.07, 6.45) is 8.40. The standard InChI is InChI=1S/C31H44N4O3Si/c1-21(2)39(22(3)4,23(5)6)38-29-15-27(14-26(29)19-36)34-31-28(16-32-20-33-31)30(37)25-12-13-35(18-25)17-24-10-8-7-9-11-24/h7-13,16,18,20-23,26-27,29,36H,14-15,17,19H2,1-6H3,(H,32,33,34)/t26-,27-,29+/m1/s1. The molecular formula is C31H44N4O3Si. The van der Waals surface area contributed by atoms with Gasteiger partial charge in [-0.25, -0.2) is 9.97 Å². The van der Waals surface area contributed by atoms with E-state index in [0.29, 0.717) is 40.1 Å². The molecule has 0 spiro atoms. The van der Waals surface area contributed by atoms with Crippen molar-refractivity contribution < 1.29 is 14.3 Å². The Morgan fingerprint density at radius 2 is 1.77 bits per heavy atom. The Morgan fingerprint density at radius 3 is 2.41 bits per heavy atom. The summed E-state index contributed by atoms with van der Waals surface area (Å²) in [6, 6.07) is 12.1. The van der Waals surface area contributed by atoms with Gasteiger partial charge >= 0.3 is 0 Å². The van der Waals surface area contributed by atoms with Crippen LogP contribution in [-0.2, 0) is 11.0 Å². The lowest BCUT2D eigenvalue weighted by molar-refractivity contribution is 0.0941. The molecule has 1 aliphatic carbocycles. The molecule has 3 aromatic rings. The highest BCUT2D eigenvalue weighted by molar-refractivity contribution is 6.77. The van der Waals surface area contributed by atoms with Gasteiger partial charge in [0.1, 0.15) is 12.1 Å². The highest BCUT2D eigenvalue weighted by atomic mass is 28.4. The van der Waals surface area contributed by atoms with Gasteiger partial charge in [-0.15, -0.1) is 0 Å². The maximum Gasteiger partial charge on any atom is 0.200 e. The van der Waals surface area contributed by atoms with Crippen molar-refractivity contribution in [3.8, 4) is 0 Å². The Kier molecular flexibility index (Phi) is 9.41. The van der Waals surface area contributed by atoms with E-state index in [2.05, 4.69) is 69.0 Å². The van der Waals surface area contributed by atoms with Gasteiger partial charge in [0.25, 0.3) is 0 Å². The number of hydrogen-bond donors (Lipinski definition) is 2. The summed E-state index contributed by atoms with van der Waals surface area (Å²) >= 11 is 0. The maximum atomic E-state index is 13.5. The van der Waals surface area contributed by atoms with E-state index in [-0.39, 0.29) is 30.5 Å². The lowest BCUT2D eigenvalue weighted by Gasteiger charge is -2.45. The second kappa shape index (κ2) is 12.6. The third kappa shape index (κ3) is 6.34. The van der Waals surface area contributed by atoms with Crippen molar-refractivity contribution in [3.63, 3.8) is 0 Å². The molecule has 1 aromatic carbocycles. The quantitative estimate of drug-likeness (QED) is 0.204. The summed E-state index contributed by atoms with van der Waals surface area (Å²) in [5.74, 6) is 0.479. The van der Waals surface area contributed by atoms with Crippen LogP contribution in [0.1, 0.15) is 75.9 Å². The van der Waals surface area contributed by atoms with Crippen LogP contribution in [0.3, 0.4) is 0 Å². The molecule has 0 radical (unpaired) electrons. The van der Waals surface area contributed by atoms with Crippen molar-refractivity contribution in [1.29, 1.82) is 0 Å². The monoisotopic (exact) mass is 548 g/mol. The van der Waals surface area contributed by atoms with Gasteiger partial charge in [-0.2, -0.15) is 0 Å². The largest absolute Gasteiger partial charge is 0.413 e. The number of anilines is 1. The smallest absolute Gasteiger partial charge is 0.200 e. The van der Waals surface area contributed by atoms with Crippen LogP contribution < -0.4 is 5.32 Å². The van der Waals surface area contributed by atoms with Gasteiger partial charge in [0.2, 0.25) is 8.32 Å². The molecular weight excluding hydrogens is 504 g/mol. The Bertz CT molecular complexity index is 1210. The molecule has 0 saturated heterocycles. The predicted molar refractivity (Wildman–Crippen MR) is 159 cm³/mol. The average molecular weight is 549 g/mol. The second-order valence-corrected chi connectivity index (χ2v) is 17.3. The van der Waals surface area contributed by atoms with Gasteiger partial charge < -0.3 is 19.4 Å². The van der Waals surface area contributed by atoms with E-state index < -0.39 is 8.32 Å². The van der Waals surface area contributed by atoms with E-state index in [1.807, 2.05) is 41.2 Å². The van der Waals surface area contributed by atoms with Crippen LogP contribution in [0.15, 0.2) is 61.3 Å². The van der Waals surface area contributed by atoms with Gasteiger partial charge in [0, 0.05) is 49.3 Å². The van der Waals surface area contributed by atoms with Crippen LogP contribution in [0.2, 0.25) is 16.6 Å². The van der Waals surface area contributed by atoms with E-state index in [0.717, 1.165) is 12.8 Å². The summed E-state index contributed by atoms with van der Waals surface area (Å²) < 4.78 is 9.10. The molecule has 1 fully saturated rings. The number of rotatable bonds is 12. The summed E-state index contributed by atoms with van der Waals surface area (Å²) in [4.78, 5) is 22.1. The zero-order valence-corrected chi connectivity index (χ0v) is 25.2. The Morgan fingerprint density at radius 1 is 1.08 bits per heavy atom. The number of hydrogen-bond acceptors (Lipinski definition) is 6. The third-order valence-electron chi connectivity index (χ3n) is 8.45. The number of carbonyl (C=O) groups excluding carboxylic acids is 1. The van der Waals surface area contributed by atoms with Gasteiger partial charge in [-0.1, -0.05) is 71.9 Å². The van der Waals surface area contributed by atoms with Gasteiger partial charge in [-0.05, 0) is 41.1 Å². The summed E-state index contributed by atoms with van der Waals surface area (Å²) in [5.41, 5.74) is 3.66. The van der Waals surface area contributed by atoms with E-state index in [1.165, 1.54) is 11.9 Å². The molecule has 8 heteroatoms. The van der Waals surface area contributed by atoms with E-state index >= 15 is 0 Å². The van der Waals surface area contributed by atoms with Crippen molar-refractivity contribution in [3.05, 3.63) is 78.0 Å². The number of carbonyl (C=O) groups is 1. The molecule has 0 unspecified atom stereocenters. The van der Waals surface area contributed by atoms with Crippen molar-refractivity contribution in [2.75, 3.05) is 11.9 Å². The lowest BCUT2D eigenvalue weighted by Crippen LogP contribution is -2.51.